The molecule has 0 spiro atoms. The molecule has 10 nitrogen and oxygen atoms in total. The maximum Gasteiger partial charge on any atom is 0.306 e. The molecular formula is C88H174N2O8. The van der Waals surface area contributed by atoms with Crippen LogP contribution in [0, 0.1) is 0 Å². The van der Waals surface area contributed by atoms with Crippen LogP contribution in [0.25, 0.3) is 0 Å². The van der Waals surface area contributed by atoms with Crippen LogP contribution in [-0.4, -0.2) is 99.4 Å². The summed E-state index contributed by atoms with van der Waals surface area (Å²) in [5.74, 6) is -0.0648. The molecule has 0 aromatic heterocycles. The quantitative estimate of drug-likeness (QED) is 0.0331. The van der Waals surface area contributed by atoms with Crippen molar-refractivity contribution in [1.82, 2.24) is 9.80 Å². The highest BCUT2D eigenvalue weighted by Gasteiger charge is 2.19. The van der Waals surface area contributed by atoms with Crippen LogP contribution in [0.15, 0.2) is 0 Å². The SMILES string of the molecule is CCCCCCCCCCC(CCCCCCCCCC)OC(=O)CCCCCC(CCCCCCCCC)OC(=O)CCCN(C)C.CCCCCCCCCCC(CCCCCCCCCC)OC(=O)CCCCCCCC(CCCCCCCCC)OC(=O)CCCN(C)C. The van der Waals surface area contributed by atoms with Crippen LogP contribution in [0.1, 0.15) is 478 Å². The summed E-state index contributed by atoms with van der Waals surface area (Å²) in [5.41, 5.74) is 0. The Balaban J connectivity index is 0. The first kappa shape index (κ1) is 97.9. The fraction of sp³-hybridized carbons (Fsp3) is 0.955. The first-order valence-corrected chi connectivity index (χ1v) is 43.9. The van der Waals surface area contributed by atoms with Crippen molar-refractivity contribution >= 4 is 23.9 Å². The van der Waals surface area contributed by atoms with Crippen molar-refractivity contribution in [2.45, 2.75) is 503 Å². The number of carbonyl (C=O) groups is 4. The minimum absolute atomic E-state index is 0.00826. The van der Waals surface area contributed by atoms with Gasteiger partial charge in [-0.3, -0.25) is 19.2 Å². The van der Waals surface area contributed by atoms with Crippen molar-refractivity contribution in [2.75, 3.05) is 41.3 Å². The summed E-state index contributed by atoms with van der Waals surface area (Å²) in [7, 11) is 8.18. The zero-order chi connectivity index (χ0) is 72.1. The van der Waals surface area contributed by atoms with E-state index in [9.17, 15) is 19.2 Å². The molecule has 2 atom stereocenters. The topological polar surface area (TPSA) is 112 Å². The summed E-state index contributed by atoms with van der Waals surface area (Å²) >= 11 is 0. The summed E-state index contributed by atoms with van der Waals surface area (Å²) in [6.07, 6.45) is 80.3. The molecular weight excluding hydrogens is 1210 g/mol. The van der Waals surface area contributed by atoms with Crippen molar-refractivity contribution in [2.24, 2.45) is 0 Å². The molecule has 0 heterocycles. The second-order valence-corrected chi connectivity index (χ2v) is 31.0. The van der Waals surface area contributed by atoms with E-state index in [0.29, 0.717) is 25.7 Å². The Morgan fingerprint density at radius 2 is 0.327 bits per heavy atom. The van der Waals surface area contributed by atoms with Crippen LogP contribution in [0.2, 0.25) is 0 Å². The highest BCUT2D eigenvalue weighted by molar-refractivity contribution is 5.70. The van der Waals surface area contributed by atoms with Crippen molar-refractivity contribution in [3.8, 4) is 0 Å². The summed E-state index contributed by atoms with van der Waals surface area (Å²) in [6.45, 7) is 15.5. The van der Waals surface area contributed by atoms with E-state index in [1.54, 1.807) is 0 Å². The molecule has 0 rings (SSSR count). The molecule has 0 radical (unpaired) electrons. The Bertz CT molecular complexity index is 1580. The van der Waals surface area contributed by atoms with Gasteiger partial charge in [-0.15, -0.1) is 0 Å². The average molecular weight is 1390 g/mol. The van der Waals surface area contributed by atoms with Gasteiger partial charge in [0.2, 0.25) is 0 Å². The summed E-state index contributed by atoms with van der Waals surface area (Å²) < 4.78 is 24.1. The molecule has 98 heavy (non-hydrogen) atoms. The number of esters is 4. The van der Waals surface area contributed by atoms with Crippen molar-refractivity contribution in [3.63, 3.8) is 0 Å². The van der Waals surface area contributed by atoms with E-state index in [2.05, 4.69) is 51.3 Å². The van der Waals surface area contributed by atoms with Gasteiger partial charge in [-0.25, -0.2) is 0 Å². The molecule has 584 valence electrons. The number of rotatable bonds is 78. The summed E-state index contributed by atoms with van der Waals surface area (Å²) in [5, 5.41) is 0. The second-order valence-electron chi connectivity index (χ2n) is 31.0. The minimum atomic E-state index is -0.0487. The van der Waals surface area contributed by atoms with Crippen LogP contribution in [-0.2, 0) is 38.1 Å². The van der Waals surface area contributed by atoms with Gasteiger partial charge in [-0.2, -0.15) is 0 Å². The highest BCUT2D eigenvalue weighted by Crippen LogP contribution is 2.24. The number of carbonyl (C=O) groups excluding carboxylic acids is 4. The standard InChI is InChI=1S/C45H89NO4.C43H85NO4/c1-6-9-12-15-18-21-25-30-35-42(36-31-26-22-19-16-13-10-7-2)49-44(47)39-33-28-23-27-32-38-43(37-29-24-20-17-14-11-8-3)50-45(48)40-34-41-46(4)5;1-6-9-12-15-18-21-24-28-33-40(34-29-25-22-19-16-13-10-7-2)47-42(45)37-31-26-30-36-41(35-27-23-20-17-14-11-8-3)48-43(46)38-32-39-44(4)5/h42-43H,6-41H2,1-5H3;40-41H,6-39H2,1-5H3. The van der Waals surface area contributed by atoms with E-state index < -0.39 is 0 Å². The van der Waals surface area contributed by atoms with Gasteiger partial charge < -0.3 is 28.7 Å². The molecule has 0 fully saturated rings. The zero-order valence-corrected chi connectivity index (χ0v) is 68.0. The molecule has 0 bridgehead atoms. The van der Waals surface area contributed by atoms with Gasteiger partial charge in [0, 0.05) is 25.7 Å². The molecule has 0 aromatic rings. The van der Waals surface area contributed by atoms with Crippen molar-refractivity contribution in [3.05, 3.63) is 0 Å². The highest BCUT2D eigenvalue weighted by atomic mass is 16.6. The van der Waals surface area contributed by atoms with Crippen LogP contribution in [0.3, 0.4) is 0 Å². The molecule has 0 amide bonds. The largest absolute Gasteiger partial charge is 0.462 e. The van der Waals surface area contributed by atoms with E-state index >= 15 is 0 Å². The Morgan fingerprint density at radius 3 is 0.490 bits per heavy atom. The third-order valence-electron chi connectivity index (χ3n) is 20.3. The smallest absolute Gasteiger partial charge is 0.306 e. The molecule has 2 unspecified atom stereocenters. The lowest BCUT2D eigenvalue weighted by Gasteiger charge is -2.19. The normalized spacial score (nSPS) is 12.2. The van der Waals surface area contributed by atoms with E-state index in [1.807, 2.05) is 28.2 Å². The number of ether oxygens (including phenoxy) is 4. The van der Waals surface area contributed by atoms with Crippen molar-refractivity contribution in [1.29, 1.82) is 0 Å². The minimum Gasteiger partial charge on any atom is -0.462 e. The number of hydrogen-bond acceptors (Lipinski definition) is 10. The lowest BCUT2D eigenvalue weighted by molar-refractivity contribution is -0.151. The number of unbranched alkanes of at least 4 members (excludes halogenated alkanes) is 46. The Labute approximate surface area is 612 Å². The molecule has 0 aliphatic carbocycles. The van der Waals surface area contributed by atoms with E-state index in [1.165, 1.54) is 283 Å². The second kappa shape index (κ2) is 80.5. The molecule has 10 heteroatoms. The van der Waals surface area contributed by atoms with Crippen molar-refractivity contribution < 1.29 is 38.1 Å². The molecule has 0 saturated heterocycles. The first-order chi connectivity index (χ1) is 47.8. The van der Waals surface area contributed by atoms with Gasteiger partial charge in [0.1, 0.15) is 24.4 Å². The average Bonchev–Trinajstić information content (AvgIpc) is 2.21. The lowest BCUT2D eigenvalue weighted by Crippen LogP contribution is -2.20. The predicted octanol–water partition coefficient (Wildman–Crippen LogP) is 27.4. The fourth-order valence-electron chi connectivity index (χ4n) is 13.8. The monoisotopic (exact) mass is 1390 g/mol. The van der Waals surface area contributed by atoms with Gasteiger partial charge in [0.25, 0.3) is 0 Å². The third kappa shape index (κ3) is 77.9. The maximum atomic E-state index is 12.9. The fourth-order valence-corrected chi connectivity index (χ4v) is 13.8. The molecule has 0 saturated carbocycles. The molecule has 0 N–H and O–H groups in total. The van der Waals surface area contributed by atoms with Gasteiger partial charge in [0.15, 0.2) is 0 Å². The number of hydrogen-bond donors (Lipinski definition) is 0. The zero-order valence-electron chi connectivity index (χ0n) is 68.0. The van der Waals surface area contributed by atoms with Gasteiger partial charge in [0.05, 0.1) is 0 Å². The van der Waals surface area contributed by atoms with Crippen LogP contribution >= 0.6 is 0 Å². The maximum absolute atomic E-state index is 12.9. The van der Waals surface area contributed by atoms with E-state index in [4.69, 9.17) is 18.9 Å². The summed E-state index contributed by atoms with van der Waals surface area (Å²) in [4.78, 5) is 55.1. The molecule has 0 aliphatic heterocycles. The Morgan fingerprint density at radius 1 is 0.194 bits per heavy atom. The van der Waals surface area contributed by atoms with E-state index in [-0.39, 0.29) is 48.3 Å². The molecule has 0 aromatic carbocycles. The molecule has 0 aliphatic rings. The van der Waals surface area contributed by atoms with Gasteiger partial charge in [-0.1, -0.05) is 324 Å². The Hall–Kier alpha value is -2.20. The number of nitrogens with zero attached hydrogens (tertiary/aromatic N) is 2. The third-order valence-corrected chi connectivity index (χ3v) is 20.3. The van der Waals surface area contributed by atoms with E-state index in [0.717, 1.165) is 142 Å². The van der Waals surface area contributed by atoms with Gasteiger partial charge in [-0.05, 0) is 170 Å². The first-order valence-electron chi connectivity index (χ1n) is 43.9. The van der Waals surface area contributed by atoms with Crippen LogP contribution in [0.5, 0.6) is 0 Å². The summed E-state index contributed by atoms with van der Waals surface area (Å²) in [6, 6.07) is 0. The Kier molecular flexibility index (Phi) is 80.4. The van der Waals surface area contributed by atoms with Crippen LogP contribution in [0.4, 0.5) is 0 Å². The lowest BCUT2D eigenvalue weighted by atomic mass is 10.0. The predicted molar refractivity (Wildman–Crippen MR) is 425 cm³/mol. The van der Waals surface area contributed by atoms with Crippen LogP contribution < -0.4 is 0 Å². The van der Waals surface area contributed by atoms with Gasteiger partial charge >= 0.3 is 23.9 Å².